The molecule has 0 fully saturated rings. The van der Waals surface area contributed by atoms with E-state index in [2.05, 4.69) is 127 Å². The van der Waals surface area contributed by atoms with Crippen LogP contribution >= 0.6 is 7.92 Å². The molecule has 0 aliphatic heterocycles. The highest BCUT2D eigenvalue weighted by atomic mass is 31.1. The minimum atomic E-state index is -0.836. The first kappa shape index (κ1) is 22.8. The molecule has 0 heterocycles. The summed E-state index contributed by atoms with van der Waals surface area (Å²) in [6.07, 6.45) is 11.8. The average molecular weight is 487 g/mol. The fraction of sp³-hybridized carbons (Fsp3) is 0. The van der Waals surface area contributed by atoms with Crippen LogP contribution in [0.1, 0.15) is 11.1 Å². The predicted octanol–water partition coefficient (Wildman–Crippen LogP) is 7.38. The van der Waals surface area contributed by atoms with Crippen molar-refractivity contribution in [3.8, 4) is 35.8 Å². The van der Waals surface area contributed by atoms with Crippen LogP contribution in [0.5, 0.6) is 0 Å². The van der Waals surface area contributed by atoms with Crippen LogP contribution in [-0.2, 0) is 0 Å². The monoisotopic (exact) mass is 486 g/mol. The van der Waals surface area contributed by atoms with Crippen molar-refractivity contribution in [3.05, 3.63) is 139 Å². The Bertz CT molecular complexity index is 1790. The molecule has 0 amide bonds. The number of fused-ring (bicyclic) bond motifs is 2. The zero-order chi connectivity index (χ0) is 25.2. The molecule has 0 spiro atoms. The van der Waals surface area contributed by atoms with Gasteiger partial charge in [0.05, 0.1) is 0 Å². The Morgan fingerprint density at radius 2 is 0.946 bits per heavy atom. The molecular formula is C36H23P. The summed E-state index contributed by atoms with van der Waals surface area (Å²) >= 11 is 0. The third-order valence-corrected chi connectivity index (χ3v) is 9.30. The summed E-state index contributed by atoms with van der Waals surface area (Å²) < 4.78 is 0. The van der Waals surface area contributed by atoms with E-state index in [4.69, 9.17) is 12.8 Å². The maximum Gasteiger partial charge on any atom is 0.0321 e. The highest BCUT2D eigenvalue weighted by Gasteiger charge is 2.23. The Hall–Kier alpha value is -4.61. The van der Waals surface area contributed by atoms with Gasteiger partial charge < -0.3 is 0 Å². The summed E-state index contributed by atoms with van der Waals surface area (Å²) in [4.78, 5) is 0. The van der Waals surface area contributed by atoms with Gasteiger partial charge in [-0.2, -0.15) is 0 Å². The van der Waals surface area contributed by atoms with E-state index in [1.54, 1.807) is 0 Å². The van der Waals surface area contributed by atoms with Gasteiger partial charge in [-0.25, -0.2) is 0 Å². The van der Waals surface area contributed by atoms with Crippen molar-refractivity contribution in [3.63, 3.8) is 0 Å². The first-order valence-corrected chi connectivity index (χ1v) is 13.6. The summed E-state index contributed by atoms with van der Waals surface area (Å²) in [5.41, 5.74) is 4.19. The first-order valence-electron chi connectivity index (χ1n) is 12.2. The summed E-state index contributed by atoms with van der Waals surface area (Å²) in [5, 5.41) is 8.39. The normalized spacial score (nSPS) is 10.9. The highest BCUT2D eigenvalue weighted by molar-refractivity contribution is 7.80. The van der Waals surface area contributed by atoms with Crippen LogP contribution in [0, 0.1) is 24.7 Å². The van der Waals surface area contributed by atoms with Crippen molar-refractivity contribution in [2.75, 3.05) is 0 Å². The van der Waals surface area contributed by atoms with E-state index in [0.29, 0.717) is 0 Å². The second kappa shape index (κ2) is 9.80. The molecule has 0 atom stereocenters. The average Bonchev–Trinajstić information content (AvgIpc) is 2.97. The van der Waals surface area contributed by atoms with E-state index in [1.807, 2.05) is 12.1 Å². The van der Waals surface area contributed by atoms with Crippen molar-refractivity contribution >= 4 is 45.4 Å². The highest BCUT2D eigenvalue weighted by Crippen LogP contribution is 2.42. The number of terminal acetylenes is 2. The second-order valence-electron chi connectivity index (χ2n) is 8.86. The van der Waals surface area contributed by atoms with Gasteiger partial charge >= 0.3 is 0 Å². The Kier molecular flexibility index (Phi) is 6.05. The lowest BCUT2D eigenvalue weighted by molar-refractivity contribution is 1.67. The van der Waals surface area contributed by atoms with Crippen molar-refractivity contribution in [2.45, 2.75) is 0 Å². The molecule has 0 saturated carbocycles. The van der Waals surface area contributed by atoms with E-state index < -0.39 is 7.92 Å². The smallest absolute Gasteiger partial charge is 0.0321 e. The topological polar surface area (TPSA) is 0 Å². The van der Waals surface area contributed by atoms with Crippen LogP contribution in [-0.4, -0.2) is 0 Å². The minimum absolute atomic E-state index is 0.836. The lowest BCUT2D eigenvalue weighted by Gasteiger charge is -2.25. The third-order valence-electron chi connectivity index (χ3n) is 6.81. The molecule has 0 N–H and O–H groups in total. The fourth-order valence-corrected chi connectivity index (χ4v) is 7.66. The van der Waals surface area contributed by atoms with E-state index in [1.165, 1.54) is 27.0 Å². The Balaban J connectivity index is 1.77. The molecular weight excluding hydrogens is 463 g/mol. The maximum absolute atomic E-state index is 5.94. The number of hydrogen-bond donors (Lipinski definition) is 0. The first-order chi connectivity index (χ1) is 18.3. The molecule has 0 bridgehead atoms. The van der Waals surface area contributed by atoms with Crippen LogP contribution in [0.3, 0.4) is 0 Å². The quantitative estimate of drug-likeness (QED) is 0.180. The molecule has 0 aliphatic carbocycles. The molecule has 0 radical (unpaired) electrons. The molecule has 172 valence electrons. The Morgan fingerprint density at radius 1 is 0.432 bits per heavy atom. The van der Waals surface area contributed by atoms with Crippen molar-refractivity contribution < 1.29 is 0 Å². The number of hydrogen-bond acceptors (Lipinski definition) is 0. The van der Waals surface area contributed by atoms with Gasteiger partial charge in [-0.1, -0.05) is 127 Å². The van der Waals surface area contributed by atoms with Crippen LogP contribution in [0.15, 0.2) is 127 Å². The van der Waals surface area contributed by atoms with Gasteiger partial charge in [0.15, 0.2) is 0 Å². The van der Waals surface area contributed by atoms with Crippen molar-refractivity contribution in [1.82, 2.24) is 0 Å². The van der Waals surface area contributed by atoms with E-state index in [0.717, 1.165) is 32.7 Å². The molecule has 6 aromatic carbocycles. The van der Waals surface area contributed by atoms with E-state index in [-0.39, 0.29) is 0 Å². The summed E-state index contributed by atoms with van der Waals surface area (Å²) in [6, 6.07) is 45.1. The molecule has 1 heteroatoms. The van der Waals surface area contributed by atoms with Gasteiger partial charge in [0.25, 0.3) is 0 Å². The Morgan fingerprint density at radius 3 is 1.54 bits per heavy atom. The van der Waals surface area contributed by atoms with E-state index >= 15 is 0 Å². The lowest BCUT2D eigenvalue weighted by Crippen LogP contribution is -2.22. The number of rotatable bonds is 4. The minimum Gasteiger partial charge on any atom is -0.115 e. The predicted molar refractivity (Wildman–Crippen MR) is 161 cm³/mol. The van der Waals surface area contributed by atoms with Crippen LogP contribution < -0.4 is 15.9 Å². The summed E-state index contributed by atoms with van der Waals surface area (Å²) in [7, 11) is -0.836. The Labute approximate surface area is 219 Å². The summed E-state index contributed by atoms with van der Waals surface area (Å²) in [5.74, 6) is 5.77. The SMILES string of the molecule is C#Cc1cccc2c(-c3c(P(c4ccccc4)c4ccccc4)ccc4c(C#C)cccc34)cccc12. The zero-order valence-electron chi connectivity index (χ0n) is 20.2. The lowest BCUT2D eigenvalue weighted by atomic mass is 9.91. The van der Waals surface area contributed by atoms with Crippen LogP contribution in [0.25, 0.3) is 32.7 Å². The summed E-state index contributed by atoms with van der Waals surface area (Å²) in [6.45, 7) is 0. The standard InChI is InChI=1S/C36H23P/c1-3-26-14-11-21-32-30(26)20-13-23-34(32)36-33-22-12-15-27(4-2)31(33)24-25-35(36)37(28-16-7-5-8-17-28)29-18-9-6-10-19-29/h1-2,5-25H. The molecule has 0 nitrogen and oxygen atoms in total. The van der Waals surface area contributed by atoms with Gasteiger partial charge in [-0.05, 0) is 68.6 Å². The van der Waals surface area contributed by atoms with Gasteiger partial charge in [0.1, 0.15) is 0 Å². The molecule has 6 rings (SSSR count). The molecule has 0 aromatic heterocycles. The fourth-order valence-electron chi connectivity index (χ4n) is 5.18. The van der Waals surface area contributed by atoms with Crippen molar-refractivity contribution in [1.29, 1.82) is 0 Å². The third kappa shape index (κ3) is 3.99. The largest absolute Gasteiger partial charge is 0.115 e. The molecule has 37 heavy (non-hydrogen) atoms. The second-order valence-corrected chi connectivity index (χ2v) is 11.0. The van der Waals surface area contributed by atoms with Crippen LogP contribution in [0.2, 0.25) is 0 Å². The van der Waals surface area contributed by atoms with E-state index in [9.17, 15) is 0 Å². The van der Waals surface area contributed by atoms with Gasteiger partial charge in [-0.15, -0.1) is 12.8 Å². The molecule has 0 unspecified atom stereocenters. The van der Waals surface area contributed by atoms with Crippen molar-refractivity contribution in [2.24, 2.45) is 0 Å². The van der Waals surface area contributed by atoms with Crippen LogP contribution in [0.4, 0.5) is 0 Å². The molecule has 0 saturated heterocycles. The van der Waals surface area contributed by atoms with Gasteiger partial charge in [-0.3, -0.25) is 0 Å². The zero-order valence-corrected chi connectivity index (χ0v) is 21.1. The van der Waals surface area contributed by atoms with Gasteiger partial charge in [0, 0.05) is 11.1 Å². The maximum atomic E-state index is 5.94. The molecule has 0 aliphatic rings. The van der Waals surface area contributed by atoms with Gasteiger partial charge in [0.2, 0.25) is 0 Å². The molecule has 6 aromatic rings. The number of benzene rings is 6.